The SMILES string of the molecule is O=C(c1ccccc1)c1ccc(COc2ccc3cc(COc4cc(/C=C/c5cc(OCc6ccc7cc(OCc8ccc(C(=O)c9ccccc9)cc8)ccc7c6)cc(OCc6ccc7cc(OCc8ccc(C(=O)c9ccccc9)cc8)ccc7c6)c5)cc(OCc5ccc6cc(OCc7ccc(C(=O)c8ccccc8)cc7)ccc6c5)c4)ccc3c2)cc1. The molecule has 0 aromatic heterocycles. The van der Waals surface area contributed by atoms with E-state index in [9.17, 15) is 19.2 Å². The average molecular weight is 1650 g/mol. The molecule has 12 heteroatoms. The van der Waals surface area contributed by atoms with Crippen molar-refractivity contribution >= 4 is 78.4 Å². The van der Waals surface area contributed by atoms with E-state index in [2.05, 4.69) is 97.1 Å². The number of rotatable bonds is 34. The zero-order valence-electron chi connectivity index (χ0n) is 68.8. The lowest BCUT2D eigenvalue weighted by atomic mass is 10.0. The van der Waals surface area contributed by atoms with Gasteiger partial charge in [0.2, 0.25) is 0 Å². The molecule has 0 aliphatic rings. The summed E-state index contributed by atoms with van der Waals surface area (Å²) >= 11 is 0. The fraction of sp³-hybridized carbons (Fsp3) is 0.0702. The fourth-order valence-electron chi connectivity index (χ4n) is 15.1. The summed E-state index contributed by atoms with van der Waals surface area (Å²) in [7, 11) is 0. The highest BCUT2D eigenvalue weighted by Gasteiger charge is 2.17. The molecule has 0 N–H and O–H groups in total. The predicted molar refractivity (Wildman–Crippen MR) is 498 cm³/mol. The summed E-state index contributed by atoms with van der Waals surface area (Å²) in [5, 5.41) is 8.19. The molecule has 12 nitrogen and oxygen atoms in total. The molecule has 0 spiro atoms. The van der Waals surface area contributed by atoms with Gasteiger partial charge in [0, 0.05) is 56.6 Å². The van der Waals surface area contributed by atoms with Crippen LogP contribution < -0.4 is 37.9 Å². The van der Waals surface area contributed by atoms with Crippen molar-refractivity contribution in [2.75, 3.05) is 0 Å². The predicted octanol–water partition coefficient (Wildman–Crippen LogP) is 26.0. The van der Waals surface area contributed by atoms with Crippen molar-refractivity contribution in [1.29, 1.82) is 0 Å². The lowest BCUT2D eigenvalue weighted by Gasteiger charge is -2.14. The molecule has 0 saturated heterocycles. The van der Waals surface area contributed by atoms with Gasteiger partial charge >= 0.3 is 0 Å². The third-order valence-corrected chi connectivity index (χ3v) is 22.0. The third kappa shape index (κ3) is 20.5. The first-order chi connectivity index (χ1) is 61.9. The van der Waals surface area contributed by atoms with Crippen molar-refractivity contribution in [1.82, 2.24) is 0 Å². The summed E-state index contributed by atoms with van der Waals surface area (Å²) in [5.41, 5.74) is 14.4. The maximum Gasteiger partial charge on any atom is 0.193 e. The zero-order valence-corrected chi connectivity index (χ0v) is 68.8. The number of hydrogen-bond donors (Lipinski definition) is 0. The van der Waals surface area contributed by atoms with Crippen LogP contribution in [0.2, 0.25) is 0 Å². The number of hydrogen-bond acceptors (Lipinski definition) is 12. The Morgan fingerprint density at radius 2 is 0.333 bits per heavy atom. The molecular weight excluding hydrogens is 1560 g/mol. The van der Waals surface area contributed by atoms with Crippen LogP contribution in [0.1, 0.15) is 119 Å². The number of carbonyl (C=O) groups is 4. The minimum atomic E-state index is -0.0206. The van der Waals surface area contributed by atoms with Crippen LogP contribution in [0.4, 0.5) is 0 Å². The molecule has 126 heavy (non-hydrogen) atoms. The second-order valence-electron chi connectivity index (χ2n) is 31.1. The first-order valence-electron chi connectivity index (χ1n) is 41.8. The molecule has 0 unspecified atom stereocenters. The van der Waals surface area contributed by atoms with E-state index in [0.29, 0.717) is 93.9 Å². The highest BCUT2D eigenvalue weighted by molar-refractivity contribution is 6.11. The molecule has 0 bridgehead atoms. The fourth-order valence-corrected chi connectivity index (χ4v) is 15.1. The van der Waals surface area contributed by atoms with Crippen LogP contribution in [0.15, 0.2) is 400 Å². The van der Waals surface area contributed by atoms with Crippen LogP contribution in [-0.4, -0.2) is 23.1 Å². The molecule has 0 radical (unpaired) electrons. The molecule has 18 aromatic rings. The Hall–Kier alpha value is -16.2. The van der Waals surface area contributed by atoms with Gasteiger partial charge in [0.1, 0.15) is 98.9 Å². The smallest absolute Gasteiger partial charge is 0.193 e. The lowest BCUT2D eigenvalue weighted by Crippen LogP contribution is -2.02. The van der Waals surface area contributed by atoms with E-state index in [0.717, 1.165) is 122 Å². The summed E-state index contributed by atoms with van der Waals surface area (Å²) in [4.78, 5) is 52.3. The number of benzene rings is 18. The standard InChI is InChI=1S/C114H84O12/c115-111(87-13-5-1-6-14-87)91-35-23-77(24-36-91)69-119-103-51-47-95-55-83(31-43-99(95)63-103)73-123-107-59-81(60-108(67-107)124-74-84-32-44-100-64-104(52-48-96(100)56-84)120-70-78-25-37-92(38-26-78)112(116)88-15-7-2-8-16-88)21-22-82-61-109(125-75-85-33-45-101-65-105(53-49-97(101)57-85)121-71-79-27-39-93(40-28-79)113(117)89-17-9-3-10-18-89)68-110(62-82)126-76-86-34-46-102-66-106(54-50-98(102)58-86)122-72-80-29-41-94(42-30-80)114(118)90-19-11-4-12-20-90/h1-68H,69-76H2/b22-21+. The molecular formula is C114H84O12. The van der Waals surface area contributed by atoms with Crippen LogP contribution in [0.25, 0.3) is 55.2 Å². The van der Waals surface area contributed by atoms with Gasteiger partial charge in [-0.1, -0.05) is 303 Å². The molecule has 0 saturated carbocycles. The second kappa shape index (κ2) is 38.3. The minimum absolute atomic E-state index is 0.0206. The summed E-state index contributed by atoms with van der Waals surface area (Å²) in [6.07, 6.45) is 4.08. The van der Waals surface area contributed by atoms with Gasteiger partial charge in [-0.05, 0) is 196 Å². The molecule has 612 valence electrons. The number of carbonyl (C=O) groups excluding carboxylic acids is 4. The van der Waals surface area contributed by atoms with Crippen molar-refractivity contribution in [3.05, 3.63) is 501 Å². The van der Waals surface area contributed by atoms with Crippen LogP contribution in [0, 0.1) is 0 Å². The molecule has 18 rings (SSSR count). The van der Waals surface area contributed by atoms with Crippen molar-refractivity contribution in [2.45, 2.75) is 52.9 Å². The Morgan fingerprint density at radius 1 is 0.159 bits per heavy atom. The van der Waals surface area contributed by atoms with Crippen molar-refractivity contribution in [2.24, 2.45) is 0 Å². The van der Waals surface area contributed by atoms with Gasteiger partial charge in [-0.3, -0.25) is 19.2 Å². The van der Waals surface area contributed by atoms with E-state index < -0.39 is 0 Å². The maximum atomic E-state index is 13.1. The van der Waals surface area contributed by atoms with Gasteiger partial charge in [0.25, 0.3) is 0 Å². The summed E-state index contributed by atoms with van der Waals surface area (Å²) in [6, 6.07) is 129. The van der Waals surface area contributed by atoms with Crippen LogP contribution in [0.5, 0.6) is 46.0 Å². The molecule has 0 amide bonds. The van der Waals surface area contributed by atoms with Gasteiger partial charge in [-0.2, -0.15) is 0 Å². The number of fused-ring (bicyclic) bond motifs is 4. The Morgan fingerprint density at radius 3 is 0.556 bits per heavy atom. The van der Waals surface area contributed by atoms with Gasteiger partial charge in [-0.15, -0.1) is 0 Å². The first kappa shape index (κ1) is 80.9. The maximum absolute atomic E-state index is 13.1. The summed E-state index contributed by atoms with van der Waals surface area (Å²) in [6.45, 7) is 2.47. The third-order valence-electron chi connectivity index (χ3n) is 22.0. The largest absolute Gasteiger partial charge is 0.489 e. The molecule has 18 aromatic carbocycles. The van der Waals surface area contributed by atoms with Crippen molar-refractivity contribution in [3.8, 4) is 46.0 Å². The highest BCUT2D eigenvalue weighted by atomic mass is 16.5. The van der Waals surface area contributed by atoms with Gasteiger partial charge < -0.3 is 37.9 Å². The molecule has 0 atom stereocenters. The highest BCUT2D eigenvalue weighted by Crippen LogP contribution is 2.34. The summed E-state index contributed by atoms with van der Waals surface area (Å²) < 4.78 is 52.0. The Bertz CT molecular complexity index is 6170. The number of ketones is 4. The topological polar surface area (TPSA) is 142 Å². The molecule has 0 heterocycles. The van der Waals surface area contributed by atoms with Gasteiger partial charge in [0.05, 0.1) is 0 Å². The molecule has 0 fully saturated rings. The van der Waals surface area contributed by atoms with Crippen molar-refractivity contribution < 1.29 is 57.1 Å². The van der Waals surface area contributed by atoms with E-state index in [-0.39, 0.29) is 49.6 Å². The Balaban J connectivity index is 0.581. The van der Waals surface area contributed by atoms with Crippen LogP contribution in [-0.2, 0) is 52.9 Å². The zero-order chi connectivity index (χ0) is 85.3. The van der Waals surface area contributed by atoms with E-state index in [1.54, 1.807) is 0 Å². The number of ether oxygens (including phenoxy) is 8. The second-order valence-corrected chi connectivity index (χ2v) is 31.1. The van der Waals surface area contributed by atoms with Crippen LogP contribution in [0.3, 0.4) is 0 Å². The average Bonchev–Trinajstić information content (AvgIpc) is 0.828. The summed E-state index contributed by atoms with van der Waals surface area (Å²) in [5.74, 6) is 5.27. The van der Waals surface area contributed by atoms with Crippen molar-refractivity contribution in [3.63, 3.8) is 0 Å². The quantitative estimate of drug-likeness (QED) is 0.0280. The molecule has 0 aliphatic heterocycles. The van der Waals surface area contributed by atoms with Gasteiger partial charge in [0.15, 0.2) is 23.1 Å². The van der Waals surface area contributed by atoms with E-state index in [4.69, 9.17) is 37.9 Å². The molecule has 0 aliphatic carbocycles. The van der Waals surface area contributed by atoms with E-state index in [1.807, 2.05) is 315 Å². The van der Waals surface area contributed by atoms with Gasteiger partial charge in [-0.25, -0.2) is 0 Å². The normalized spacial score (nSPS) is 11.2. The Labute approximate surface area is 730 Å². The minimum Gasteiger partial charge on any atom is -0.489 e. The van der Waals surface area contributed by atoms with E-state index in [1.165, 1.54) is 0 Å². The van der Waals surface area contributed by atoms with E-state index >= 15 is 0 Å². The lowest BCUT2D eigenvalue weighted by molar-refractivity contribution is 0.103. The Kier molecular flexibility index (Phi) is 24.6. The monoisotopic (exact) mass is 1640 g/mol. The first-order valence-corrected chi connectivity index (χ1v) is 41.8. The van der Waals surface area contributed by atoms with Crippen LogP contribution >= 0.6 is 0 Å².